The Balaban J connectivity index is 1.36. The predicted molar refractivity (Wildman–Crippen MR) is 92.4 cm³/mol. The van der Waals surface area contributed by atoms with E-state index in [1.165, 1.54) is 17.7 Å². The van der Waals surface area contributed by atoms with Crippen molar-refractivity contribution in [2.24, 2.45) is 0 Å². The van der Waals surface area contributed by atoms with Crippen LogP contribution in [-0.4, -0.2) is 59.5 Å². The molecule has 1 aromatic heterocycles. The van der Waals surface area contributed by atoms with Gasteiger partial charge in [0.15, 0.2) is 5.13 Å². The van der Waals surface area contributed by atoms with Crippen LogP contribution in [0.1, 0.15) is 37.0 Å². The van der Waals surface area contributed by atoms with Crippen molar-refractivity contribution >= 4 is 28.1 Å². The summed E-state index contributed by atoms with van der Waals surface area (Å²) in [6.07, 6.45) is 5.03. The van der Waals surface area contributed by atoms with Gasteiger partial charge in [0.25, 0.3) is 0 Å². The summed E-state index contributed by atoms with van der Waals surface area (Å²) < 4.78 is 5.87. The molecule has 0 radical (unpaired) electrons. The molecule has 3 aliphatic rings. The van der Waals surface area contributed by atoms with E-state index in [9.17, 15) is 5.11 Å². The maximum Gasteiger partial charge on any atom is 0.187 e. The van der Waals surface area contributed by atoms with E-state index < -0.39 is 0 Å². The van der Waals surface area contributed by atoms with E-state index in [0.717, 1.165) is 57.1 Å². The van der Waals surface area contributed by atoms with E-state index in [4.69, 9.17) is 16.3 Å². The number of likely N-dealkylation sites (tertiary alicyclic amines) is 1. The molecule has 0 unspecified atom stereocenters. The molecule has 3 aliphatic heterocycles. The highest BCUT2D eigenvalue weighted by molar-refractivity contribution is 7.16. The molecule has 1 aromatic rings. The molecular formula is C16H24ClN3O2S. The number of aliphatic hydroxyl groups excluding tert-OH is 1. The molecule has 3 fully saturated rings. The van der Waals surface area contributed by atoms with Crippen LogP contribution in [0.4, 0.5) is 5.13 Å². The number of anilines is 1. The van der Waals surface area contributed by atoms with Crippen molar-refractivity contribution in [2.75, 3.05) is 37.7 Å². The number of rotatable bonds is 3. The molecule has 4 rings (SSSR count). The van der Waals surface area contributed by atoms with E-state index in [-0.39, 0.29) is 11.7 Å². The Morgan fingerprint density at radius 3 is 2.65 bits per heavy atom. The highest BCUT2D eigenvalue weighted by Gasteiger charge is 2.42. The first-order valence-electron chi connectivity index (χ1n) is 8.58. The first-order chi connectivity index (χ1) is 11.1. The standard InChI is InChI=1S/C16H24ClN3O2S/c17-14-13(23-15(18-14)20-5-1-2-6-20)10-19-7-3-16(4-8-19)9-12(21)11-22-16/h12,21H,1-11H2/t12-/m1/s1. The number of hydrogen-bond acceptors (Lipinski definition) is 6. The Morgan fingerprint density at radius 1 is 1.26 bits per heavy atom. The van der Waals surface area contributed by atoms with Gasteiger partial charge in [0, 0.05) is 39.1 Å². The monoisotopic (exact) mass is 357 g/mol. The summed E-state index contributed by atoms with van der Waals surface area (Å²) in [4.78, 5) is 10.5. The SMILES string of the molecule is O[C@H]1COC2(CCN(Cc3sc(N4CCCC4)nc3Cl)CC2)C1. The Hall–Kier alpha value is -0.400. The van der Waals surface area contributed by atoms with Gasteiger partial charge in [-0.15, -0.1) is 0 Å². The molecule has 0 aromatic carbocycles. The Morgan fingerprint density at radius 2 is 2.00 bits per heavy atom. The van der Waals surface area contributed by atoms with E-state index in [1.54, 1.807) is 11.3 Å². The molecule has 0 saturated carbocycles. The lowest BCUT2D eigenvalue weighted by atomic mass is 9.88. The third-order valence-electron chi connectivity index (χ3n) is 5.34. The molecule has 3 saturated heterocycles. The van der Waals surface area contributed by atoms with Crippen LogP contribution < -0.4 is 4.90 Å². The van der Waals surface area contributed by atoms with Gasteiger partial charge in [-0.05, 0) is 25.7 Å². The second-order valence-corrected chi connectivity index (χ2v) is 8.45. The minimum absolute atomic E-state index is 0.0753. The molecule has 0 aliphatic carbocycles. The number of piperidine rings is 1. The van der Waals surface area contributed by atoms with Crippen molar-refractivity contribution in [3.8, 4) is 0 Å². The fourth-order valence-corrected chi connectivity index (χ4v) is 5.30. The van der Waals surface area contributed by atoms with E-state index in [0.29, 0.717) is 11.8 Å². The summed E-state index contributed by atoms with van der Waals surface area (Å²) in [5, 5.41) is 11.5. The summed E-state index contributed by atoms with van der Waals surface area (Å²) in [6, 6.07) is 0. The summed E-state index contributed by atoms with van der Waals surface area (Å²) in [6.45, 7) is 5.59. The lowest BCUT2D eigenvalue weighted by Gasteiger charge is -2.38. The van der Waals surface area contributed by atoms with Gasteiger partial charge in [-0.3, -0.25) is 4.90 Å². The number of ether oxygens (including phenoxy) is 1. The Labute approximate surface area is 146 Å². The van der Waals surface area contributed by atoms with Gasteiger partial charge in [-0.25, -0.2) is 4.98 Å². The fraction of sp³-hybridized carbons (Fsp3) is 0.812. The highest BCUT2D eigenvalue weighted by atomic mass is 35.5. The van der Waals surface area contributed by atoms with E-state index >= 15 is 0 Å². The third kappa shape index (κ3) is 3.37. The van der Waals surface area contributed by atoms with Crippen LogP contribution in [0, 0.1) is 0 Å². The number of nitrogens with zero attached hydrogens (tertiary/aromatic N) is 3. The van der Waals surface area contributed by atoms with Gasteiger partial charge in [0.05, 0.1) is 23.2 Å². The first kappa shape index (κ1) is 16.1. The molecule has 7 heteroatoms. The second kappa shape index (κ2) is 6.48. The molecule has 1 atom stereocenters. The average Bonchev–Trinajstić information content (AvgIpc) is 3.25. The lowest BCUT2D eigenvalue weighted by molar-refractivity contribution is -0.0455. The summed E-state index contributed by atoms with van der Waals surface area (Å²) >= 11 is 8.12. The van der Waals surface area contributed by atoms with Gasteiger partial charge >= 0.3 is 0 Å². The summed E-state index contributed by atoms with van der Waals surface area (Å²) in [7, 11) is 0. The number of halogens is 1. The van der Waals surface area contributed by atoms with Gasteiger partial charge in [-0.2, -0.15) is 0 Å². The molecule has 1 N–H and O–H groups in total. The fourth-order valence-electron chi connectivity index (χ4n) is 3.95. The van der Waals surface area contributed by atoms with E-state index in [2.05, 4.69) is 14.8 Å². The topological polar surface area (TPSA) is 48.8 Å². The highest BCUT2D eigenvalue weighted by Crippen LogP contribution is 2.37. The van der Waals surface area contributed by atoms with Crippen molar-refractivity contribution in [2.45, 2.75) is 50.4 Å². The first-order valence-corrected chi connectivity index (χ1v) is 9.78. The smallest absolute Gasteiger partial charge is 0.187 e. The van der Waals surface area contributed by atoms with Crippen molar-refractivity contribution < 1.29 is 9.84 Å². The maximum atomic E-state index is 9.72. The van der Waals surface area contributed by atoms with Crippen LogP contribution in [0.3, 0.4) is 0 Å². The third-order valence-corrected chi connectivity index (χ3v) is 6.86. The van der Waals surface area contributed by atoms with Gasteiger partial charge in [0.2, 0.25) is 0 Å². The zero-order valence-corrected chi connectivity index (χ0v) is 14.9. The molecule has 0 amide bonds. The van der Waals surface area contributed by atoms with Crippen molar-refractivity contribution in [3.63, 3.8) is 0 Å². The minimum Gasteiger partial charge on any atom is -0.391 e. The Bertz CT molecular complexity index is 554. The maximum absolute atomic E-state index is 9.72. The quantitative estimate of drug-likeness (QED) is 0.900. The molecule has 128 valence electrons. The van der Waals surface area contributed by atoms with Crippen LogP contribution in [0.2, 0.25) is 5.15 Å². The normalized spacial score (nSPS) is 28.1. The van der Waals surface area contributed by atoms with Crippen LogP contribution >= 0.6 is 22.9 Å². The second-order valence-electron chi connectivity index (χ2n) is 7.03. The molecule has 5 nitrogen and oxygen atoms in total. The van der Waals surface area contributed by atoms with Gasteiger partial charge in [0.1, 0.15) is 5.15 Å². The van der Waals surface area contributed by atoms with Crippen LogP contribution in [0.25, 0.3) is 0 Å². The molecule has 4 heterocycles. The number of thiazole rings is 1. The number of hydrogen-bond donors (Lipinski definition) is 1. The predicted octanol–water partition coefficient (Wildman–Crippen LogP) is 2.51. The number of aliphatic hydroxyl groups is 1. The van der Waals surface area contributed by atoms with Crippen molar-refractivity contribution in [1.82, 2.24) is 9.88 Å². The largest absolute Gasteiger partial charge is 0.391 e. The zero-order chi connectivity index (χ0) is 15.9. The molecular weight excluding hydrogens is 334 g/mol. The van der Waals surface area contributed by atoms with Crippen LogP contribution in [0.15, 0.2) is 0 Å². The Kier molecular flexibility index (Phi) is 4.54. The van der Waals surface area contributed by atoms with E-state index in [1.807, 2.05) is 0 Å². The minimum atomic E-state index is -0.277. The lowest BCUT2D eigenvalue weighted by Crippen LogP contribution is -2.43. The summed E-state index contributed by atoms with van der Waals surface area (Å²) in [5.41, 5.74) is -0.0753. The average molecular weight is 358 g/mol. The molecule has 1 spiro atoms. The molecule has 0 bridgehead atoms. The zero-order valence-electron chi connectivity index (χ0n) is 13.3. The van der Waals surface area contributed by atoms with Crippen molar-refractivity contribution in [3.05, 3.63) is 10.0 Å². The van der Waals surface area contributed by atoms with Gasteiger partial charge in [-0.1, -0.05) is 22.9 Å². The van der Waals surface area contributed by atoms with Crippen molar-refractivity contribution in [1.29, 1.82) is 0 Å². The summed E-state index contributed by atoms with van der Waals surface area (Å²) in [5.74, 6) is 0. The number of aromatic nitrogens is 1. The van der Waals surface area contributed by atoms with Gasteiger partial charge < -0.3 is 14.7 Å². The van der Waals surface area contributed by atoms with Crippen LogP contribution in [0.5, 0.6) is 0 Å². The molecule has 23 heavy (non-hydrogen) atoms. The van der Waals surface area contributed by atoms with Crippen LogP contribution in [-0.2, 0) is 11.3 Å².